The van der Waals surface area contributed by atoms with Gasteiger partial charge in [0.2, 0.25) is 16.2 Å². The SMILES string of the molecule is O=S(=O)(Oc1cc[s+]c2c1C1CCC3CCCCC3C1CC2)C(F)(F)F. The molecule has 0 spiro atoms. The highest BCUT2D eigenvalue weighted by molar-refractivity contribution is 7.88. The minimum atomic E-state index is -5.64. The van der Waals surface area contributed by atoms with E-state index < -0.39 is 15.6 Å². The molecule has 4 atom stereocenters. The highest BCUT2D eigenvalue weighted by atomic mass is 32.2. The van der Waals surface area contributed by atoms with Gasteiger partial charge in [0.15, 0.2) is 11.1 Å². The van der Waals surface area contributed by atoms with E-state index in [-0.39, 0.29) is 11.7 Å². The minimum absolute atomic E-state index is 0.111. The zero-order chi connectivity index (χ0) is 18.5. The fourth-order valence-corrected chi connectivity index (χ4v) is 6.87. The van der Waals surface area contributed by atoms with Crippen molar-refractivity contribution in [2.45, 2.75) is 62.8 Å². The van der Waals surface area contributed by atoms with Crippen LogP contribution in [0.3, 0.4) is 0 Å². The number of halogens is 3. The molecule has 2 saturated carbocycles. The number of alkyl halides is 3. The Hall–Kier alpha value is -0.890. The fraction of sp³-hybridized carbons (Fsp3) is 0.722. The predicted octanol–water partition coefficient (Wildman–Crippen LogP) is 5.50. The Labute approximate surface area is 155 Å². The lowest BCUT2D eigenvalue weighted by atomic mass is 9.57. The molecule has 3 nitrogen and oxygen atoms in total. The van der Waals surface area contributed by atoms with Crippen LogP contribution in [0.25, 0.3) is 0 Å². The number of hydrogen-bond acceptors (Lipinski definition) is 3. The van der Waals surface area contributed by atoms with Crippen molar-refractivity contribution in [2.75, 3.05) is 0 Å². The van der Waals surface area contributed by atoms with E-state index in [0.717, 1.165) is 42.0 Å². The lowest BCUT2D eigenvalue weighted by Gasteiger charge is -2.47. The molecule has 0 bridgehead atoms. The van der Waals surface area contributed by atoms with Crippen molar-refractivity contribution >= 4 is 21.5 Å². The Morgan fingerprint density at radius 1 is 1.04 bits per heavy atom. The average molecular weight is 407 g/mol. The molecule has 8 heteroatoms. The number of rotatable bonds is 2. The second kappa shape index (κ2) is 6.62. The van der Waals surface area contributed by atoms with Crippen LogP contribution in [0, 0.1) is 17.8 Å². The number of fused-ring (bicyclic) bond motifs is 5. The molecular formula is C18H22F3O3S2+. The van der Waals surface area contributed by atoms with E-state index in [1.54, 1.807) is 5.38 Å². The molecule has 4 unspecified atom stereocenters. The largest absolute Gasteiger partial charge is 0.534 e. The van der Waals surface area contributed by atoms with Gasteiger partial charge in [0, 0.05) is 12.5 Å². The maximum Gasteiger partial charge on any atom is 0.534 e. The van der Waals surface area contributed by atoms with Crippen LogP contribution in [0.4, 0.5) is 13.2 Å². The van der Waals surface area contributed by atoms with E-state index in [4.69, 9.17) is 0 Å². The van der Waals surface area contributed by atoms with E-state index >= 15 is 0 Å². The number of aryl methyl sites for hydroxylation is 1. The smallest absolute Gasteiger partial charge is 0.375 e. The first-order valence-corrected chi connectivity index (χ1v) is 11.5. The molecule has 0 N–H and O–H groups in total. The Bertz CT molecular complexity index is 791. The summed E-state index contributed by atoms with van der Waals surface area (Å²) >= 11 is 1.49. The summed E-state index contributed by atoms with van der Waals surface area (Å²) in [6.45, 7) is 0. The van der Waals surface area contributed by atoms with Gasteiger partial charge in [-0.15, -0.1) is 0 Å². The third kappa shape index (κ3) is 3.13. The molecule has 1 heterocycles. The Balaban J connectivity index is 1.70. The van der Waals surface area contributed by atoms with Crippen molar-refractivity contribution in [3.8, 4) is 5.75 Å². The van der Waals surface area contributed by atoms with Crippen molar-refractivity contribution in [1.29, 1.82) is 0 Å². The summed E-state index contributed by atoms with van der Waals surface area (Å²) in [5.74, 6) is 1.79. The van der Waals surface area contributed by atoms with Crippen molar-refractivity contribution in [3.05, 3.63) is 21.9 Å². The van der Waals surface area contributed by atoms with Crippen LogP contribution in [0.15, 0.2) is 11.4 Å². The third-order valence-electron chi connectivity index (χ3n) is 6.44. The summed E-state index contributed by atoms with van der Waals surface area (Å²) in [5.41, 5.74) is -4.68. The molecule has 0 aliphatic heterocycles. The Morgan fingerprint density at radius 2 is 1.81 bits per heavy atom. The van der Waals surface area contributed by atoms with E-state index in [9.17, 15) is 21.6 Å². The van der Waals surface area contributed by atoms with Crippen molar-refractivity contribution in [2.24, 2.45) is 17.8 Å². The average Bonchev–Trinajstić information content (AvgIpc) is 2.60. The van der Waals surface area contributed by atoms with Crippen molar-refractivity contribution in [3.63, 3.8) is 0 Å². The highest BCUT2D eigenvalue weighted by Crippen LogP contribution is 2.56. The van der Waals surface area contributed by atoms with Crippen LogP contribution in [-0.4, -0.2) is 13.9 Å². The van der Waals surface area contributed by atoms with Gasteiger partial charge >= 0.3 is 15.6 Å². The van der Waals surface area contributed by atoms with Crippen LogP contribution in [0.5, 0.6) is 5.75 Å². The normalized spacial score (nSPS) is 31.5. The maximum atomic E-state index is 12.8. The van der Waals surface area contributed by atoms with Crippen LogP contribution in [0.2, 0.25) is 0 Å². The van der Waals surface area contributed by atoms with Gasteiger partial charge in [-0.2, -0.15) is 21.6 Å². The first kappa shape index (κ1) is 18.5. The topological polar surface area (TPSA) is 43.4 Å². The Kier molecular flexibility index (Phi) is 4.70. The summed E-state index contributed by atoms with van der Waals surface area (Å²) in [5, 5.41) is 1.63. The van der Waals surface area contributed by atoms with Gasteiger partial charge < -0.3 is 4.18 Å². The van der Waals surface area contributed by atoms with Crippen LogP contribution >= 0.6 is 11.3 Å². The molecule has 0 saturated heterocycles. The molecule has 1 aromatic heterocycles. The monoisotopic (exact) mass is 407 g/mol. The third-order valence-corrected chi connectivity index (χ3v) is 8.38. The second-order valence-corrected chi connectivity index (χ2v) is 10.2. The number of hydrogen-bond donors (Lipinski definition) is 0. The quantitative estimate of drug-likeness (QED) is 0.369. The Morgan fingerprint density at radius 3 is 2.58 bits per heavy atom. The predicted molar refractivity (Wildman–Crippen MR) is 93.6 cm³/mol. The summed E-state index contributed by atoms with van der Waals surface area (Å²) < 4.78 is 66.1. The van der Waals surface area contributed by atoms with Gasteiger partial charge in [0.1, 0.15) is 0 Å². The lowest BCUT2D eigenvalue weighted by molar-refractivity contribution is -0.0500. The van der Waals surface area contributed by atoms with Crippen LogP contribution in [0.1, 0.15) is 61.3 Å². The minimum Gasteiger partial charge on any atom is -0.375 e. The first-order valence-electron chi connectivity index (χ1n) is 9.22. The van der Waals surface area contributed by atoms with Gasteiger partial charge in [-0.25, -0.2) is 0 Å². The molecule has 3 aliphatic carbocycles. The first-order chi connectivity index (χ1) is 12.3. The maximum absolute atomic E-state index is 12.8. The van der Waals surface area contributed by atoms with E-state index in [0.29, 0.717) is 11.8 Å². The molecule has 1 aromatic rings. The van der Waals surface area contributed by atoms with Gasteiger partial charge in [0.05, 0.1) is 5.56 Å². The summed E-state index contributed by atoms with van der Waals surface area (Å²) in [7, 11) is -5.64. The molecule has 0 amide bonds. The summed E-state index contributed by atoms with van der Waals surface area (Å²) in [4.78, 5) is 0.982. The fourth-order valence-electron chi connectivity index (χ4n) is 5.43. The molecule has 144 valence electrons. The molecule has 3 aliphatic rings. The second-order valence-electron chi connectivity index (χ2n) is 7.70. The summed E-state index contributed by atoms with van der Waals surface area (Å²) in [6, 6.07) is 1.39. The van der Waals surface area contributed by atoms with E-state index in [2.05, 4.69) is 4.18 Å². The molecule has 2 fully saturated rings. The van der Waals surface area contributed by atoms with Crippen LogP contribution < -0.4 is 4.18 Å². The zero-order valence-electron chi connectivity index (χ0n) is 14.3. The van der Waals surface area contributed by atoms with Gasteiger partial charge in [-0.05, 0) is 49.4 Å². The van der Waals surface area contributed by atoms with Gasteiger partial charge in [-0.3, -0.25) is 0 Å². The molecular weight excluding hydrogens is 385 g/mol. The summed E-state index contributed by atoms with van der Waals surface area (Å²) in [6.07, 6.45) is 8.78. The van der Waals surface area contributed by atoms with E-state index in [1.165, 1.54) is 43.1 Å². The standard InChI is InChI=1S/C18H22F3O3S2/c19-18(20,21)26(22,23)24-15-9-10-25-16-8-7-13-12-4-2-1-3-11(12)5-6-14(13)17(15)16/h9-14H,1-8H2/q+1. The van der Waals surface area contributed by atoms with Crippen LogP contribution in [-0.2, 0) is 16.5 Å². The van der Waals surface area contributed by atoms with Gasteiger partial charge in [-0.1, -0.05) is 19.3 Å². The highest BCUT2D eigenvalue weighted by Gasteiger charge is 2.51. The van der Waals surface area contributed by atoms with Crippen molar-refractivity contribution < 1.29 is 25.8 Å². The molecule has 4 rings (SSSR count). The van der Waals surface area contributed by atoms with E-state index in [1.807, 2.05) is 0 Å². The zero-order valence-corrected chi connectivity index (χ0v) is 15.9. The molecule has 0 aromatic carbocycles. The molecule has 26 heavy (non-hydrogen) atoms. The van der Waals surface area contributed by atoms with Gasteiger partial charge in [0.25, 0.3) is 0 Å². The van der Waals surface area contributed by atoms with Crippen molar-refractivity contribution in [1.82, 2.24) is 0 Å². The lowest BCUT2D eigenvalue weighted by Crippen LogP contribution is -2.38. The molecule has 0 radical (unpaired) electrons.